The van der Waals surface area contributed by atoms with Crippen molar-refractivity contribution in [2.24, 2.45) is 0 Å². The van der Waals surface area contributed by atoms with Gasteiger partial charge in [-0.05, 0) is 35.9 Å². The second kappa shape index (κ2) is 7.49. The Morgan fingerprint density at radius 3 is 2.60 bits per heavy atom. The van der Waals surface area contributed by atoms with Crippen LogP contribution < -0.4 is 0 Å². The predicted octanol–water partition coefficient (Wildman–Crippen LogP) is 4.00. The van der Waals surface area contributed by atoms with Gasteiger partial charge in [-0.15, -0.1) is 0 Å². The molecular weight excluding hydrogens is 341 g/mol. The van der Waals surface area contributed by atoms with Crippen LogP contribution in [0.15, 0.2) is 60.9 Å². The van der Waals surface area contributed by atoms with E-state index in [1.165, 1.54) is 11.0 Å². The second-order valence-corrected chi connectivity index (χ2v) is 6.17. The van der Waals surface area contributed by atoms with Gasteiger partial charge in [0.1, 0.15) is 5.82 Å². The molecule has 2 aromatic carbocycles. The quantitative estimate of drug-likeness (QED) is 0.692. The second-order valence-electron chi connectivity index (χ2n) is 5.76. The van der Waals surface area contributed by atoms with Crippen molar-refractivity contribution in [3.63, 3.8) is 0 Å². The van der Waals surface area contributed by atoms with E-state index in [2.05, 4.69) is 5.10 Å². The van der Waals surface area contributed by atoms with Crippen LogP contribution >= 0.6 is 11.6 Å². The Morgan fingerprint density at radius 2 is 1.96 bits per heavy atom. The number of aromatic nitrogens is 2. The minimum Gasteiger partial charge on any atom is -0.337 e. The summed E-state index contributed by atoms with van der Waals surface area (Å²) in [6.45, 7) is 0.752. The summed E-state index contributed by atoms with van der Waals surface area (Å²) >= 11 is 6.03. The summed E-state index contributed by atoms with van der Waals surface area (Å²) < 4.78 is 15.7. The highest BCUT2D eigenvalue weighted by atomic mass is 35.5. The van der Waals surface area contributed by atoms with Crippen LogP contribution in [-0.2, 0) is 13.1 Å². The van der Waals surface area contributed by atoms with Gasteiger partial charge in [-0.25, -0.2) is 4.39 Å². The monoisotopic (exact) mass is 357 g/mol. The van der Waals surface area contributed by atoms with Crippen LogP contribution in [0.4, 0.5) is 4.39 Å². The van der Waals surface area contributed by atoms with Crippen LogP contribution in [-0.4, -0.2) is 27.6 Å². The molecule has 0 atom stereocenters. The molecule has 0 bridgehead atoms. The molecule has 0 saturated heterocycles. The first-order valence-electron chi connectivity index (χ1n) is 7.79. The third-order valence-corrected chi connectivity index (χ3v) is 4.26. The van der Waals surface area contributed by atoms with E-state index in [0.717, 1.165) is 5.56 Å². The number of amides is 1. The molecule has 0 radical (unpaired) electrons. The SMILES string of the molecule is CN(Cc1c(F)cccc1Cl)C(=O)c1ccc(Cn2cccn2)cc1. The fourth-order valence-electron chi connectivity index (χ4n) is 2.55. The maximum Gasteiger partial charge on any atom is 0.253 e. The summed E-state index contributed by atoms with van der Waals surface area (Å²) in [4.78, 5) is 14.0. The Bertz CT molecular complexity index is 843. The van der Waals surface area contributed by atoms with E-state index in [1.807, 2.05) is 29.1 Å². The molecule has 25 heavy (non-hydrogen) atoms. The molecule has 0 saturated carbocycles. The van der Waals surface area contributed by atoms with Crippen molar-refractivity contribution < 1.29 is 9.18 Å². The third-order valence-electron chi connectivity index (χ3n) is 3.91. The van der Waals surface area contributed by atoms with E-state index < -0.39 is 5.82 Å². The van der Waals surface area contributed by atoms with Gasteiger partial charge in [0.05, 0.1) is 6.54 Å². The first-order chi connectivity index (χ1) is 12.0. The van der Waals surface area contributed by atoms with Gasteiger partial charge in [0.15, 0.2) is 0 Å². The molecule has 0 aliphatic heterocycles. The van der Waals surface area contributed by atoms with Crippen molar-refractivity contribution in [1.82, 2.24) is 14.7 Å². The van der Waals surface area contributed by atoms with E-state index >= 15 is 0 Å². The lowest BCUT2D eigenvalue weighted by molar-refractivity contribution is 0.0784. The van der Waals surface area contributed by atoms with Crippen molar-refractivity contribution in [3.8, 4) is 0 Å². The predicted molar refractivity (Wildman–Crippen MR) is 95.0 cm³/mol. The minimum atomic E-state index is -0.415. The minimum absolute atomic E-state index is 0.110. The summed E-state index contributed by atoms with van der Waals surface area (Å²) in [5.74, 6) is -0.605. The van der Waals surface area contributed by atoms with Gasteiger partial charge in [0.25, 0.3) is 5.91 Å². The molecule has 0 fully saturated rings. The average molecular weight is 358 g/mol. The van der Waals surface area contributed by atoms with E-state index in [9.17, 15) is 9.18 Å². The van der Waals surface area contributed by atoms with Gasteiger partial charge in [0, 0.05) is 42.1 Å². The highest BCUT2D eigenvalue weighted by Gasteiger charge is 2.15. The summed E-state index contributed by atoms with van der Waals surface area (Å²) in [5, 5.41) is 4.47. The van der Waals surface area contributed by atoms with Crippen LogP contribution in [0.2, 0.25) is 5.02 Å². The van der Waals surface area contributed by atoms with Crippen molar-refractivity contribution in [2.45, 2.75) is 13.1 Å². The summed E-state index contributed by atoms with van der Waals surface area (Å²) in [7, 11) is 1.63. The molecule has 0 unspecified atom stereocenters. The molecule has 1 aromatic heterocycles. The van der Waals surface area contributed by atoms with Gasteiger partial charge < -0.3 is 4.90 Å². The van der Waals surface area contributed by atoms with Crippen LogP contribution in [0.3, 0.4) is 0 Å². The first-order valence-corrected chi connectivity index (χ1v) is 8.17. The van der Waals surface area contributed by atoms with Crippen LogP contribution in [0, 0.1) is 5.82 Å². The van der Waals surface area contributed by atoms with Gasteiger partial charge in [0.2, 0.25) is 0 Å². The van der Waals surface area contributed by atoms with Crippen LogP contribution in [0.1, 0.15) is 21.5 Å². The lowest BCUT2D eigenvalue weighted by atomic mass is 10.1. The molecule has 3 aromatic rings. The van der Waals surface area contributed by atoms with E-state index in [-0.39, 0.29) is 12.5 Å². The molecule has 128 valence electrons. The zero-order valence-corrected chi connectivity index (χ0v) is 14.4. The molecule has 0 aliphatic rings. The van der Waals surface area contributed by atoms with Gasteiger partial charge in [-0.2, -0.15) is 5.10 Å². The molecule has 0 spiro atoms. The topological polar surface area (TPSA) is 38.1 Å². The van der Waals surface area contributed by atoms with Gasteiger partial charge >= 0.3 is 0 Å². The lowest BCUT2D eigenvalue weighted by Crippen LogP contribution is -2.26. The van der Waals surface area contributed by atoms with Gasteiger partial charge in [-0.1, -0.05) is 29.8 Å². The molecule has 6 heteroatoms. The fraction of sp³-hybridized carbons (Fsp3) is 0.158. The smallest absolute Gasteiger partial charge is 0.253 e. The molecule has 0 aliphatic carbocycles. The molecular formula is C19H17ClFN3O. The summed E-state index contributed by atoms with van der Waals surface area (Å²) in [6, 6.07) is 13.7. The number of benzene rings is 2. The number of carbonyl (C=O) groups excluding carboxylic acids is 1. The number of halogens is 2. The molecule has 4 nitrogen and oxygen atoms in total. The molecule has 3 rings (SSSR count). The molecule has 1 amide bonds. The zero-order chi connectivity index (χ0) is 17.8. The van der Waals surface area contributed by atoms with E-state index in [4.69, 9.17) is 11.6 Å². The summed E-state index contributed by atoms with van der Waals surface area (Å²) in [6.07, 6.45) is 3.60. The Labute approximate surface area is 150 Å². The summed E-state index contributed by atoms with van der Waals surface area (Å²) in [5.41, 5.74) is 1.90. The number of carbonyl (C=O) groups is 1. The van der Waals surface area contributed by atoms with E-state index in [0.29, 0.717) is 22.7 Å². The average Bonchev–Trinajstić information content (AvgIpc) is 3.11. The fourth-order valence-corrected chi connectivity index (χ4v) is 2.77. The lowest BCUT2D eigenvalue weighted by Gasteiger charge is -2.18. The molecule has 0 N–H and O–H groups in total. The van der Waals surface area contributed by atoms with Crippen molar-refractivity contribution in [3.05, 3.63) is 88.5 Å². The normalized spacial score (nSPS) is 10.7. The van der Waals surface area contributed by atoms with Crippen molar-refractivity contribution in [2.75, 3.05) is 7.05 Å². The van der Waals surface area contributed by atoms with Gasteiger partial charge in [-0.3, -0.25) is 9.48 Å². The maximum atomic E-state index is 13.9. The number of hydrogen-bond donors (Lipinski definition) is 0. The first kappa shape index (κ1) is 17.2. The van der Waals surface area contributed by atoms with E-state index in [1.54, 1.807) is 37.5 Å². The Balaban J connectivity index is 1.69. The number of rotatable bonds is 5. The third kappa shape index (κ3) is 4.06. The highest BCUT2D eigenvalue weighted by molar-refractivity contribution is 6.31. The number of nitrogens with zero attached hydrogens (tertiary/aromatic N) is 3. The van der Waals surface area contributed by atoms with Crippen LogP contribution in [0.5, 0.6) is 0 Å². The molecule has 1 heterocycles. The van der Waals surface area contributed by atoms with Crippen molar-refractivity contribution in [1.29, 1.82) is 0 Å². The van der Waals surface area contributed by atoms with Crippen molar-refractivity contribution >= 4 is 17.5 Å². The Morgan fingerprint density at radius 1 is 1.20 bits per heavy atom. The Hall–Kier alpha value is -2.66. The Kier molecular flexibility index (Phi) is 5.14. The standard InChI is InChI=1S/C19H17ClFN3O/c1-23(13-16-17(20)4-2-5-18(16)21)19(25)15-8-6-14(7-9-15)12-24-11-3-10-22-24/h2-11H,12-13H2,1H3. The highest BCUT2D eigenvalue weighted by Crippen LogP contribution is 2.21. The largest absolute Gasteiger partial charge is 0.337 e. The zero-order valence-electron chi connectivity index (χ0n) is 13.7. The number of hydrogen-bond acceptors (Lipinski definition) is 2. The maximum absolute atomic E-state index is 13.9. The van der Waals surface area contributed by atoms with Crippen LogP contribution in [0.25, 0.3) is 0 Å².